The average molecular weight is 497 g/mol. The molecule has 1 heterocycles. The maximum absolute atomic E-state index is 12.6. The van der Waals surface area contributed by atoms with Crippen molar-refractivity contribution in [1.29, 1.82) is 0 Å². The van der Waals surface area contributed by atoms with Crippen LogP contribution in [0, 0.1) is 3.57 Å². The molecule has 140 valence electrons. The summed E-state index contributed by atoms with van der Waals surface area (Å²) in [5.74, 6) is -1.05. The minimum Gasteiger partial charge on any atom is -0.480 e. The highest BCUT2D eigenvalue weighted by Gasteiger charge is 2.27. The number of nitrogens with one attached hydrogen (secondary N) is 1. The van der Waals surface area contributed by atoms with Gasteiger partial charge in [0.25, 0.3) is 5.91 Å². The molecule has 1 aliphatic heterocycles. The number of hydrogen-bond donors (Lipinski definition) is 2. The molecule has 1 unspecified atom stereocenters. The maximum Gasteiger partial charge on any atom is 0.326 e. The number of anilines is 2. The summed E-state index contributed by atoms with van der Waals surface area (Å²) in [5, 5.41) is 13.1. The Morgan fingerprint density at radius 3 is 2.74 bits per heavy atom. The SMILES string of the molecule is O=C(O)C(CC=C1CCN(c2ccccc2)C1=O)Nc1cc(Cl)ccc1I. The van der Waals surface area contributed by atoms with E-state index in [1.54, 1.807) is 23.1 Å². The number of aliphatic carboxylic acids is 1. The number of carbonyl (C=O) groups is 2. The molecule has 7 heteroatoms. The topological polar surface area (TPSA) is 69.6 Å². The van der Waals surface area contributed by atoms with E-state index in [4.69, 9.17) is 11.6 Å². The van der Waals surface area contributed by atoms with Crippen LogP contribution in [-0.4, -0.2) is 29.6 Å². The standard InChI is InChI=1S/C20H18ClIN2O3/c21-14-7-8-16(22)18(12-14)23-17(20(26)27)9-6-13-10-11-24(19(13)25)15-4-2-1-3-5-15/h1-8,12,17,23H,9-11H2,(H,26,27). The zero-order valence-electron chi connectivity index (χ0n) is 14.4. The molecule has 0 radical (unpaired) electrons. The Morgan fingerprint density at radius 2 is 2.04 bits per heavy atom. The van der Waals surface area contributed by atoms with Gasteiger partial charge in [-0.3, -0.25) is 4.79 Å². The minimum absolute atomic E-state index is 0.0670. The molecular weight excluding hydrogens is 479 g/mol. The molecule has 0 aromatic heterocycles. The second kappa shape index (κ2) is 8.75. The molecule has 0 bridgehead atoms. The van der Waals surface area contributed by atoms with Gasteiger partial charge in [-0.2, -0.15) is 0 Å². The van der Waals surface area contributed by atoms with Crippen molar-refractivity contribution in [1.82, 2.24) is 0 Å². The van der Waals surface area contributed by atoms with E-state index in [2.05, 4.69) is 27.9 Å². The Kier molecular flexibility index (Phi) is 6.38. The van der Waals surface area contributed by atoms with Gasteiger partial charge in [-0.05, 0) is 65.8 Å². The Labute approximate surface area is 176 Å². The Balaban J connectivity index is 1.71. The van der Waals surface area contributed by atoms with E-state index in [1.165, 1.54) is 0 Å². The second-order valence-electron chi connectivity index (χ2n) is 6.17. The second-order valence-corrected chi connectivity index (χ2v) is 7.77. The summed E-state index contributed by atoms with van der Waals surface area (Å²) in [6.45, 7) is 0.603. The maximum atomic E-state index is 12.6. The summed E-state index contributed by atoms with van der Waals surface area (Å²) in [6, 6.07) is 13.9. The molecule has 1 saturated heterocycles. The van der Waals surface area contributed by atoms with E-state index in [-0.39, 0.29) is 12.3 Å². The van der Waals surface area contributed by atoms with Crippen LogP contribution in [0.25, 0.3) is 0 Å². The third kappa shape index (κ3) is 4.81. The highest BCUT2D eigenvalue weighted by molar-refractivity contribution is 14.1. The fourth-order valence-electron chi connectivity index (χ4n) is 2.94. The van der Waals surface area contributed by atoms with Crippen molar-refractivity contribution in [2.45, 2.75) is 18.9 Å². The first-order valence-electron chi connectivity index (χ1n) is 8.46. The van der Waals surface area contributed by atoms with Crippen LogP contribution in [0.3, 0.4) is 0 Å². The smallest absolute Gasteiger partial charge is 0.326 e. The van der Waals surface area contributed by atoms with Gasteiger partial charge in [0.05, 0.1) is 0 Å². The van der Waals surface area contributed by atoms with Crippen molar-refractivity contribution in [3.63, 3.8) is 0 Å². The molecule has 2 aromatic carbocycles. The van der Waals surface area contributed by atoms with Gasteiger partial charge >= 0.3 is 5.97 Å². The fourth-order valence-corrected chi connectivity index (χ4v) is 3.60. The van der Waals surface area contributed by atoms with Crippen LogP contribution >= 0.6 is 34.2 Å². The van der Waals surface area contributed by atoms with E-state index in [1.807, 2.05) is 36.4 Å². The summed E-state index contributed by atoms with van der Waals surface area (Å²) >= 11 is 8.12. The number of halogens is 2. The monoisotopic (exact) mass is 496 g/mol. The number of carboxylic acid groups (broad SMARTS) is 1. The van der Waals surface area contributed by atoms with E-state index in [0.717, 1.165) is 9.26 Å². The van der Waals surface area contributed by atoms with Gasteiger partial charge in [-0.1, -0.05) is 35.9 Å². The number of para-hydroxylation sites is 1. The lowest BCUT2D eigenvalue weighted by molar-refractivity contribution is -0.137. The van der Waals surface area contributed by atoms with E-state index < -0.39 is 12.0 Å². The Morgan fingerprint density at radius 1 is 1.30 bits per heavy atom. The Hall–Kier alpha value is -2.06. The lowest BCUT2D eigenvalue weighted by atomic mass is 10.1. The lowest BCUT2D eigenvalue weighted by Crippen LogP contribution is -2.29. The highest BCUT2D eigenvalue weighted by atomic mass is 127. The van der Waals surface area contributed by atoms with Crippen molar-refractivity contribution in [2.24, 2.45) is 0 Å². The van der Waals surface area contributed by atoms with Gasteiger partial charge in [0.2, 0.25) is 0 Å². The molecule has 1 atom stereocenters. The molecule has 1 aliphatic rings. The molecule has 0 aliphatic carbocycles. The van der Waals surface area contributed by atoms with Crippen LogP contribution in [0.4, 0.5) is 11.4 Å². The van der Waals surface area contributed by atoms with Crippen molar-refractivity contribution in [3.05, 3.63) is 68.8 Å². The average Bonchev–Trinajstić information content (AvgIpc) is 3.02. The molecule has 27 heavy (non-hydrogen) atoms. The largest absolute Gasteiger partial charge is 0.480 e. The Bertz CT molecular complexity index is 886. The van der Waals surface area contributed by atoms with E-state index >= 15 is 0 Å². The predicted octanol–water partition coefficient (Wildman–Crippen LogP) is 4.56. The fraction of sp³-hybridized carbons (Fsp3) is 0.200. The van der Waals surface area contributed by atoms with Crippen molar-refractivity contribution in [2.75, 3.05) is 16.8 Å². The van der Waals surface area contributed by atoms with Crippen LogP contribution in [0.15, 0.2) is 60.2 Å². The van der Waals surface area contributed by atoms with Crippen molar-refractivity contribution in [3.8, 4) is 0 Å². The number of hydrogen-bond acceptors (Lipinski definition) is 3. The van der Waals surface area contributed by atoms with Gasteiger partial charge in [0, 0.05) is 32.1 Å². The van der Waals surface area contributed by atoms with Gasteiger partial charge in [0.1, 0.15) is 6.04 Å². The zero-order chi connectivity index (χ0) is 19.4. The van der Waals surface area contributed by atoms with Crippen LogP contribution < -0.4 is 10.2 Å². The summed E-state index contributed by atoms with van der Waals surface area (Å²) in [5.41, 5.74) is 2.16. The number of carboxylic acids is 1. The van der Waals surface area contributed by atoms with Crippen LogP contribution in [-0.2, 0) is 9.59 Å². The van der Waals surface area contributed by atoms with Crippen LogP contribution in [0.5, 0.6) is 0 Å². The normalized spacial score (nSPS) is 16.6. The van der Waals surface area contributed by atoms with Crippen LogP contribution in [0.1, 0.15) is 12.8 Å². The van der Waals surface area contributed by atoms with Gasteiger partial charge in [0.15, 0.2) is 0 Å². The number of benzene rings is 2. The summed E-state index contributed by atoms with van der Waals surface area (Å²) < 4.78 is 0.878. The summed E-state index contributed by atoms with van der Waals surface area (Å²) in [7, 11) is 0. The first-order chi connectivity index (χ1) is 13.0. The number of amides is 1. The molecule has 0 saturated carbocycles. The van der Waals surface area contributed by atoms with Gasteiger partial charge < -0.3 is 15.3 Å². The first kappa shape index (κ1) is 19.7. The van der Waals surface area contributed by atoms with Crippen molar-refractivity contribution < 1.29 is 14.7 Å². The highest BCUT2D eigenvalue weighted by Crippen LogP contribution is 2.26. The molecule has 2 aromatic rings. The third-order valence-corrected chi connectivity index (χ3v) is 5.52. The first-order valence-corrected chi connectivity index (χ1v) is 9.91. The van der Waals surface area contributed by atoms with Gasteiger partial charge in [-0.25, -0.2) is 4.79 Å². The minimum atomic E-state index is -0.979. The predicted molar refractivity (Wildman–Crippen MR) is 115 cm³/mol. The quantitative estimate of drug-likeness (QED) is 0.454. The van der Waals surface area contributed by atoms with E-state index in [9.17, 15) is 14.7 Å². The van der Waals surface area contributed by atoms with Crippen LogP contribution in [0.2, 0.25) is 5.02 Å². The third-order valence-electron chi connectivity index (χ3n) is 4.35. The molecule has 5 nitrogen and oxygen atoms in total. The number of carbonyl (C=O) groups excluding carboxylic acids is 1. The molecule has 1 fully saturated rings. The summed E-state index contributed by atoms with van der Waals surface area (Å²) in [6.07, 6.45) is 2.55. The number of nitrogens with zero attached hydrogens (tertiary/aromatic N) is 1. The molecule has 0 spiro atoms. The molecular formula is C20H18ClIN2O3. The van der Waals surface area contributed by atoms with Gasteiger partial charge in [-0.15, -0.1) is 0 Å². The zero-order valence-corrected chi connectivity index (χ0v) is 17.3. The van der Waals surface area contributed by atoms with E-state index in [0.29, 0.717) is 29.2 Å². The lowest BCUT2D eigenvalue weighted by Gasteiger charge is -2.16. The molecule has 2 N–H and O–H groups in total. The number of rotatable bonds is 6. The summed E-state index contributed by atoms with van der Waals surface area (Å²) in [4.78, 5) is 26.0. The molecule has 1 amide bonds. The molecule has 3 rings (SSSR count). The van der Waals surface area contributed by atoms with Crippen molar-refractivity contribution >= 4 is 57.4 Å².